The highest BCUT2D eigenvalue weighted by molar-refractivity contribution is 9.10. The zero-order valence-electron chi connectivity index (χ0n) is 20.7. The maximum Gasteiger partial charge on any atom is 0.303 e. The molecular weight excluding hydrogens is 522 g/mol. The number of anilines is 1. The van der Waals surface area contributed by atoms with Crippen molar-refractivity contribution in [3.05, 3.63) is 63.6 Å². The Labute approximate surface area is 220 Å². The molecule has 1 atom stereocenters. The predicted molar refractivity (Wildman–Crippen MR) is 145 cm³/mol. The number of carbonyl (C=O) groups excluding carboxylic acids is 1. The molecule has 3 aromatic rings. The maximum atomic E-state index is 13.7. The molecule has 0 spiro atoms. The van der Waals surface area contributed by atoms with Crippen LogP contribution < -0.4 is 15.0 Å². The Morgan fingerprint density at radius 3 is 2.64 bits per heavy atom. The molecule has 1 saturated heterocycles. The molecule has 0 radical (unpaired) electrons. The van der Waals surface area contributed by atoms with E-state index in [1.165, 1.54) is 6.42 Å². The number of benzene rings is 2. The third-order valence-electron chi connectivity index (χ3n) is 6.84. The number of carboxylic acid groups (broad SMARTS) is 1. The standard InChI is InChI=1S/C28H32BrN3O4/c1-18-26(22-16-20(29)11-12-23(22)31-27(18)32-14-6-3-7-15-32)28(35)30-17-19(10-13-25(33)34)21-8-4-5-9-24(21)36-2/h4-5,8-9,11-12,16,19H,3,6-7,10,13-15,17H2,1-2H3,(H,30,35)(H,33,34)/t19-/m1/s1. The topological polar surface area (TPSA) is 91.8 Å². The summed E-state index contributed by atoms with van der Waals surface area (Å²) in [5.41, 5.74) is 3.13. The minimum absolute atomic E-state index is 0.00184. The van der Waals surface area contributed by atoms with Gasteiger partial charge in [-0.1, -0.05) is 34.1 Å². The van der Waals surface area contributed by atoms with Gasteiger partial charge in [-0.25, -0.2) is 4.98 Å². The fourth-order valence-electron chi connectivity index (χ4n) is 5.00. The molecule has 0 saturated carbocycles. The van der Waals surface area contributed by atoms with Gasteiger partial charge in [-0.3, -0.25) is 9.59 Å². The highest BCUT2D eigenvalue weighted by Gasteiger charge is 2.24. The average molecular weight is 554 g/mol. The van der Waals surface area contributed by atoms with Gasteiger partial charge in [0.15, 0.2) is 0 Å². The summed E-state index contributed by atoms with van der Waals surface area (Å²) in [6, 6.07) is 13.4. The van der Waals surface area contributed by atoms with Gasteiger partial charge in [0.2, 0.25) is 0 Å². The normalized spacial score (nSPS) is 14.5. The lowest BCUT2D eigenvalue weighted by atomic mass is 9.93. The van der Waals surface area contributed by atoms with E-state index in [9.17, 15) is 14.7 Å². The second-order valence-corrected chi connectivity index (χ2v) is 10.1. The second-order valence-electron chi connectivity index (χ2n) is 9.23. The van der Waals surface area contributed by atoms with Gasteiger partial charge in [0.1, 0.15) is 11.6 Å². The third kappa shape index (κ3) is 5.81. The molecule has 1 amide bonds. The number of piperidine rings is 1. The number of pyridine rings is 1. The molecule has 8 heteroatoms. The molecule has 2 heterocycles. The van der Waals surface area contributed by atoms with E-state index in [4.69, 9.17) is 9.72 Å². The van der Waals surface area contributed by atoms with Crippen LogP contribution >= 0.6 is 15.9 Å². The highest BCUT2D eigenvalue weighted by atomic mass is 79.9. The Morgan fingerprint density at radius 2 is 1.92 bits per heavy atom. The Hall–Kier alpha value is -3.13. The van der Waals surface area contributed by atoms with Crippen LogP contribution in [0.2, 0.25) is 0 Å². The van der Waals surface area contributed by atoms with Crippen LogP contribution in [0.15, 0.2) is 46.9 Å². The number of fused-ring (bicyclic) bond motifs is 1. The first-order valence-corrected chi connectivity index (χ1v) is 13.2. The SMILES string of the molecule is COc1ccccc1[C@H](CCC(=O)O)CNC(=O)c1c(C)c(N2CCCCC2)nc2ccc(Br)cc12. The predicted octanol–water partition coefficient (Wildman–Crippen LogP) is 5.68. The van der Waals surface area contributed by atoms with Crippen LogP contribution in [0.3, 0.4) is 0 Å². The first-order valence-electron chi connectivity index (χ1n) is 12.4. The summed E-state index contributed by atoms with van der Waals surface area (Å²) in [7, 11) is 1.60. The van der Waals surface area contributed by atoms with Crippen LogP contribution in [-0.2, 0) is 4.79 Å². The minimum Gasteiger partial charge on any atom is -0.496 e. The number of methoxy groups -OCH3 is 1. The van der Waals surface area contributed by atoms with Gasteiger partial charge in [0.25, 0.3) is 5.91 Å². The Morgan fingerprint density at radius 1 is 1.17 bits per heavy atom. The van der Waals surface area contributed by atoms with Crippen LogP contribution in [0.25, 0.3) is 10.9 Å². The van der Waals surface area contributed by atoms with Gasteiger partial charge >= 0.3 is 5.97 Å². The molecular formula is C28H32BrN3O4. The van der Waals surface area contributed by atoms with Crippen molar-refractivity contribution in [2.45, 2.75) is 44.9 Å². The van der Waals surface area contributed by atoms with Crippen molar-refractivity contribution in [2.75, 3.05) is 31.6 Å². The van der Waals surface area contributed by atoms with E-state index in [1.807, 2.05) is 49.4 Å². The Kier molecular flexibility index (Phi) is 8.46. The van der Waals surface area contributed by atoms with E-state index in [0.29, 0.717) is 24.3 Å². The summed E-state index contributed by atoms with van der Waals surface area (Å²) in [5, 5.41) is 13.2. The monoisotopic (exact) mass is 553 g/mol. The lowest BCUT2D eigenvalue weighted by Gasteiger charge is -2.30. The summed E-state index contributed by atoms with van der Waals surface area (Å²) < 4.78 is 6.40. The van der Waals surface area contributed by atoms with Gasteiger partial charge in [-0.05, 0) is 62.4 Å². The molecule has 7 nitrogen and oxygen atoms in total. The molecule has 2 N–H and O–H groups in total. The van der Waals surface area contributed by atoms with Crippen LogP contribution in [0.4, 0.5) is 5.82 Å². The molecule has 36 heavy (non-hydrogen) atoms. The number of hydrogen-bond acceptors (Lipinski definition) is 5. The van der Waals surface area contributed by atoms with Gasteiger partial charge in [-0.15, -0.1) is 0 Å². The Bertz CT molecular complexity index is 1260. The summed E-state index contributed by atoms with van der Waals surface area (Å²) in [4.78, 5) is 32.3. The Balaban J connectivity index is 1.67. The molecule has 2 aromatic carbocycles. The van der Waals surface area contributed by atoms with E-state index in [-0.39, 0.29) is 18.2 Å². The number of nitrogens with zero attached hydrogens (tertiary/aromatic N) is 2. The molecule has 190 valence electrons. The van der Waals surface area contributed by atoms with Crippen molar-refractivity contribution in [3.63, 3.8) is 0 Å². The molecule has 1 aliphatic heterocycles. The summed E-state index contributed by atoms with van der Waals surface area (Å²) >= 11 is 3.54. The smallest absolute Gasteiger partial charge is 0.303 e. The summed E-state index contributed by atoms with van der Waals surface area (Å²) in [6.45, 7) is 4.13. The minimum atomic E-state index is -0.867. The van der Waals surface area contributed by atoms with Gasteiger partial charge < -0.3 is 20.1 Å². The van der Waals surface area contributed by atoms with Gasteiger partial charge in [0.05, 0.1) is 18.2 Å². The molecule has 1 aliphatic rings. The number of para-hydroxylation sites is 1. The maximum absolute atomic E-state index is 13.7. The van der Waals surface area contributed by atoms with Crippen LogP contribution in [0.1, 0.15) is 59.5 Å². The van der Waals surface area contributed by atoms with E-state index >= 15 is 0 Å². The lowest BCUT2D eigenvalue weighted by Crippen LogP contribution is -2.33. The molecule has 0 bridgehead atoms. The van der Waals surface area contributed by atoms with Crippen LogP contribution in [0, 0.1) is 6.92 Å². The molecule has 1 aromatic heterocycles. The van der Waals surface area contributed by atoms with Crippen LogP contribution in [0.5, 0.6) is 5.75 Å². The number of aromatic nitrogens is 1. The lowest BCUT2D eigenvalue weighted by molar-refractivity contribution is -0.137. The molecule has 1 fully saturated rings. The van der Waals surface area contributed by atoms with E-state index in [1.54, 1.807) is 7.11 Å². The van der Waals surface area contributed by atoms with E-state index < -0.39 is 5.97 Å². The molecule has 0 aliphatic carbocycles. The summed E-state index contributed by atoms with van der Waals surface area (Å²) in [6.07, 6.45) is 3.83. The number of hydrogen-bond donors (Lipinski definition) is 2. The number of halogens is 1. The second kappa shape index (κ2) is 11.7. The largest absolute Gasteiger partial charge is 0.496 e. The van der Waals surface area contributed by atoms with Gasteiger partial charge in [0, 0.05) is 47.4 Å². The van der Waals surface area contributed by atoms with E-state index in [0.717, 1.165) is 58.3 Å². The van der Waals surface area contributed by atoms with Crippen molar-refractivity contribution < 1.29 is 19.4 Å². The van der Waals surface area contributed by atoms with Crippen molar-refractivity contribution in [1.82, 2.24) is 10.3 Å². The number of carboxylic acids is 1. The first kappa shape index (κ1) is 25.9. The molecule has 0 unspecified atom stereocenters. The first-order chi connectivity index (χ1) is 17.4. The quantitative estimate of drug-likeness (QED) is 0.354. The number of rotatable bonds is 9. The fourth-order valence-corrected chi connectivity index (χ4v) is 5.36. The number of aliphatic carboxylic acids is 1. The fraction of sp³-hybridized carbons (Fsp3) is 0.393. The number of nitrogens with one attached hydrogen (secondary N) is 1. The van der Waals surface area contributed by atoms with E-state index in [2.05, 4.69) is 26.1 Å². The highest BCUT2D eigenvalue weighted by Crippen LogP contribution is 2.33. The van der Waals surface area contributed by atoms with Crippen molar-refractivity contribution in [3.8, 4) is 5.75 Å². The number of ether oxygens (including phenoxy) is 1. The average Bonchev–Trinajstić information content (AvgIpc) is 2.88. The number of carbonyl (C=O) groups is 2. The third-order valence-corrected chi connectivity index (χ3v) is 7.34. The van der Waals surface area contributed by atoms with Crippen molar-refractivity contribution >= 4 is 44.5 Å². The summed E-state index contributed by atoms with van der Waals surface area (Å²) in [5.74, 6) is 0.286. The zero-order chi connectivity index (χ0) is 25.7. The van der Waals surface area contributed by atoms with Gasteiger partial charge in [-0.2, -0.15) is 0 Å². The van der Waals surface area contributed by atoms with Crippen molar-refractivity contribution in [1.29, 1.82) is 0 Å². The zero-order valence-corrected chi connectivity index (χ0v) is 22.3. The molecule has 4 rings (SSSR count). The van der Waals surface area contributed by atoms with Crippen LogP contribution in [-0.4, -0.2) is 48.7 Å². The van der Waals surface area contributed by atoms with Crippen molar-refractivity contribution in [2.24, 2.45) is 0 Å². The number of amides is 1.